The summed E-state index contributed by atoms with van der Waals surface area (Å²) in [5, 5.41) is 0. The summed E-state index contributed by atoms with van der Waals surface area (Å²) in [6.07, 6.45) is 0. The van der Waals surface area contributed by atoms with Crippen LogP contribution in [0.25, 0.3) is 0 Å². The summed E-state index contributed by atoms with van der Waals surface area (Å²) in [4.78, 5) is 2.36. The van der Waals surface area contributed by atoms with Crippen LogP contribution in [-0.2, 0) is 0 Å². The number of hydrogen-bond donors (Lipinski definition) is 0. The molecular weight excluding hydrogens is 248 g/mol. The molecule has 0 aromatic heterocycles. The second kappa shape index (κ2) is 5.37. The van der Waals surface area contributed by atoms with Gasteiger partial charge in [0.25, 0.3) is 5.84 Å². The van der Waals surface area contributed by atoms with Crippen molar-refractivity contribution in [3.63, 3.8) is 0 Å². The van der Waals surface area contributed by atoms with Crippen molar-refractivity contribution in [2.24, 2.45) is 0 Å². The van der Waals surface area contributed by atoms with Crippen LogP contribution in [0.3, 0.4) is 0 Å². The molecule has 1 aliphatic heterocycles. The van der Waals surface area contributed by atoms with Crippen LogP contribution < -0.4 is 9.64 Å². The highest BCUT2D eigenvalue weighted by Gasteiger charge is 2.31. The van der Waals surface area contributed by atoms with Crippen molar-refractivity contribution in [3.8, 4) is 5.75 Å². The van der Waals surface area contributed by atoms with Gasteiger partial charge in [0.1, 0.15) is 24.5 Å². The van der Waals surface area contributed by atoms with Crippen molar-refractivity contribution in [2.75, 3.05) is 32.1 Å². The van der Waals surface area contributed by atoms with Crippen molar-refractivity contribution >= 4 is 11.5 Å². The van der Waals surface area contributed by atoms with Gasteiger partial charge in [0.15, 0.2) is 0 Å². The normalized spacial score (nSPS) is 14.8. The van der Waals surface area contributed by atoms with E-state index in [0.29, 0.717) is 0 Å². The van der Waals surface area contributed by atoms with E-state index in [2.05, 4.69) is 59.0 Å². The molecule has 2 aromatic carbocycles. The number of ether oxygens (including phenoxy) is 1. The van der Waals surface area contributed by atoms with Crippen molar-refractivity contribution in [2.45, 2.75) is 0 Å². The van der Waals surface area contributed by atoms with Crippen LogP contribution in [0.5, 0.6) is 5.75 Å². The largest absolute Gasteiger partial charge is 0.497 e. The Balaban J connectivity index is 1.98. The molecule has 1 aliphatic rings. The first-order valence-corrected chi connectivity index (χ1v) is 6.84. The lowest BCUT2D eigenvalue weighted by Gasteiger charge is -2.13. The van der Waals surface area contributed by atoms with Crippen LogP contribution in [0.1, 0.15) is 5.56 Å². The lowest BCUT2D eigenvalue weighted by molar-refractivity contribution is -0.485. The van der Waals surface area contributed by atoms with Crippen LogP contribution in [0, 0.1) is 0 Å². The molecule has 0 unspecified atom stereocenters. The van der Waals surface area contributed by atoms with E-state index in [-0.39, 0.29) is 0 Å². The van der Waals surface area contributed by atoms with Crippen LogP contribution >= 0.6 is 0 Å². The van der Waals surface area contributed by atoms with Crippen molar-refractivity contribution in [3.05, 3.63) is 60.2 Å². The Morgan fingerprint density at radius 3 is 2.35 bits per heavy atom. The van der Waals surface area contributed by atoms with Crippen LogP contribution in [-0.4, -0.2) is 37.7 Å². The molecule has 102 valence electrons. The quantitative estimate of drug-likeness (QED) is 0.794. The monoisotopic (exact) mass is 267 g/mol. The lowest BCUT2D eigenvalue weighted by atomic mass is 10.1. The smallest absolute Gasteiger partial charge is 0.284 e. The van der Waals surface area contributed by atoms with Gasteiger partial charge in [-0.1, -0.05) is 18.2 Å². The van der Waals surface area contributed by atoms with Crippen molar-refractivity contribution in [1.82, 2.24) is 0 Å². The molecular formula is C17H19N2O+. The molecule has 0 radical (unpaired) electrons. The van der Waals surface area contributed by atoms with Gasteiger partial charge in [0, 0.05) is 0 Å². The second-order valence-corrected chi connectivity index (χ2v) is 4.96. The Morgan fingerprint density at radius 1 is 1.00 bits per heavy atom. The van der Waals surface area contributed by atoms with Gasteiger partial charge < -0.3 is 4.74 Å². The molecule has 0 spiro atoms. The Kier molecular flexibility index (Phi) is 3.42. The first kappa shape index (κ1) is 12.7. The van der Waals surface area contributed by atoms with Gasteiger partial charge in [0.2, 0.25) is 0 Å². The zero-order valence-corrected chi connectivity index (χ0v) is 11.9. The molecule has 0 fully saturated rings. The van der Waals surface area contributed by atoms with E-state index >= 15 is 0 Å². The molecule has 0 N–H and O–H groups in total. The van der Waals surface area contributed by atoms with Gasteiger partial charge in [-0.3, -0.25) is 4.58 Å². The van der Waals surface area contributed by atoms with E-state index in [1.165, 1.54) is 17.1 Å². The van der Waals surface area contributed by atoms with Crippen LogP contribution in [0.4, 0.5) is 5.69 Å². The third-order valence-electron chi connectivity index (χ3n) is 3.69. The number of likely N-dealkylation sites (N-methyl/N-ethyl adjacent to an activating group) is 1. The molecule has 0 saturated heterocycles. The van der Waals surface area contributed by atoms with E-state index in [1.807, 2.05) is 12.1 Å². The summed E-state index contributed by atoms with van der Waals surface area (Å²) in [7, 11) is 3.84. The van der Waals surface area contributed by atoms with Crippen molar-refractivity contribution < 1.29 is 9.31 Å². The highest BCUT2D eigenvalue weighted by molar-refractivity contribution is 6.07. The molecule has 20 heavy (non-hydrogen) atoms. The van der Waals surface area contributed by atoms with E-state index in [9.17, 15) is 0 Å². The third kappa shape index (κ3) is 2.27. The van der Waals surface area contributed by atoms with E-state index in [0.717, 1.165) is 18.8 Å². The molecule has 3 heteroatoms. The standard InChI is InChI=1S/C17H19N2O/c1-18-12-13-19(15-6-4-3-5-7-15)17(18)14-8-10-16(20-2)11-9-14/h3-11H,12-13H2,1-2H3/q+1. The molecule has 0 saturated carbocycles. The maximum absolute atomic E-state index is 5.23. The highest BCUT2D eigenvalue weighted by Crippen LogP contribution is 2.21. The van der Waals surface area contributed by atoms with E-state index in [1.54, 1.807) is 7.11 Å². The summed E-state index contributed by atoms with van der Waals surface area (Å²) >= 11 is 0. The molecule has 3 rings (SSSR count). The minimum Gasteiger partial charge on any atom is -0.497 e. The molecule has 3 nitrogen and oxygen atoms in total. The first-order chi connectivity index (χ1) is 9.79. The fourth-order valence-electron chi connectivity index (χ4n) is 2.64. The van der Waals surface area contributed by atoms with E-state index < -0.39 is 0 Å². The molecule has 0 bridgehead atoms. The van der Waals surface area contributed by atoms with Gasteiger partial charge in [-0.2, -0.15) is 0 Å². The van der Waals surface area contributed by atoms with Crippen LogP contribution in [0.15, 0.2) is 54.6 Å². The maximum atomic E-state index is 5.23. The summed E-state index contributed by atoms with van der Waals surface area (Å²) in [5.74, 6) is 2.14. The minimum absolute atomic E-state index is 0.890. The predicted octanol–water partition coefficient (Wildman–Crippen LogP) is 2.60. The van der Waals surface area contributed by atoms with Gasteiger partial charge in [-0.05, 0) is 36.4 Å². The Hall–Kier alpha value is -2.29. The number of rotatable bonds is 3. The molecule has 1 heterocycles. The number of benzene rings is 2. The van der Waals surface area contributed by atoms with Gasteiger partial charge in [-0.25, -0.2) is 4.90 Å². The highest BCUT2D eigenvalue weighted by atomic mass is 16.5. The summed E-state index contributed by atoms with van der Waals surface area (Å²) < 4.78 is 7.53. The fourth-order valence-corrected chi connectivity index (χ4v) is 2.64. The molecule has 0 atom stereocenters. The average Bonchev–Trinajstić information content (AvgIpc) is 2.90. The summed E-state index contributed by atoms with van der Waals surface area (Å²) in [6, 6.07) is 18.8. The van der Waals surface area contributed by atoms with Crippen molar-refractivity contribution in [1.29, 1.82) is 0 Å². The number of para-hydroxylation sites is 1. The fraction of sp³-hybridized carbons (Fsp3) is 0.235. The molecule has 2 aromatic rings. The Morgan fingerprint density at radius 2 is 1.70 bits per heavy atom. The second-order valence-electron chi connectivity index (χ2n) is 4.96. The zero-order valence-electron chi connectivity index (χ0n) is 11.9. The van der Waals surface area contributed by atoms with Gasteiger partial charge in [-0.15, -0.1) is 0 Å². The molecule has 0 aliphatic carbocycles. The third-order valence-corrected chi connectivity index (χ3v) is 3.69. The van der Waals surface area contributed by atoms with E-state index in [4.69, 9.17) is 4.74 Å². The zero-order chi connectivity index (χ0) is 13.9. The maximum Gasteiger partial charge on any atom is 0.284 e. The van der Waals surface area contributed by atoms with Gasteiger partial charge >= 0.3 is 0 Å². The SMILES string of the molecule is COc1ccc(C2=[N+](C)CCN2c2ccccc2)cc1. The van der Waals surface area contributed by atoms with Crippen LogP contribution in [0.2, 0.25) is 0 Å². The minimum atomic E-state index is 0.890. The number of methoxy groups -OCH3 is 1. The number of hydrogen-bond acceptors (Lipinski definition) is 2. The molecule has 0 amide bonds. The Bertz CT molecular complexity index is 617. The van der Waals surface area contributed by atoms with Gasteiger partial charge in [0.05, 0.1) is 19.7 Å². The average molecular weight is 267 g/mol. The summed E-state index contributed by atoms with van der Waals surface area (Å²) in [6.45, 7) is 2.05. The topological polar surface area (TPSA) is 15.5 Å². The number of amidine groups is 1. The predicted molar refractivity (Wildman–Crippen MR) is 81.9 cm³/mol. The first-order valence-electron chi connectivity index (χ1n) is 6.84. The summed E-state index contributed by atoms with van der Waals surface area (Å²) in [5.41, 5.74) is 2.46. The number of anilines is 1. The Labute approximate surface area is 119 Å². The number of nitrogens with zero attached hydrogens (tertiary/aromatic N) is 2. The lowest BCUT2D eigenvalue weighted by Crippen LogP contribution is -2.29.